The van der Waals surface area contributed by atoms with Crippen molar-refractivity contribution < 1.29 is 4.79 Å². The van der Waals surface area contributed by atoms with Crippen molar-refractivity contribution >= 4 is 29.7 Å². The van der Waals surface area contributed by atoms with Crippen molar-refractivity contribution in [3.63, 3.8) is 0 Å². The number of thiazole rings is 1. The lowest BCUT2D eigenvalue weighted by Crippen LogP contribution is -2.54. The maximum absolute atomic E-state index is 12.3. The normalized spacial score (nSPS) is 18.6. The zero-order valence-electron chi connectivity index (χ0n) is 13.6. The predicted molar refractivity (Wildman–Crippen MR) is 93.4 cm³/mol. The van der Waals surface area contributed by atoms with Gasteiger partial charge in [-0.1, -0.05) is 20.3 Å². The molecule has 22 heavy (non-hydrogen) atoms. The Bertz CT molecular complexity index is 474. The number of aryl methyl sites for hydroxylation is 1. The summed E-state index contributed by atoms with van der Waals surface area (Å²) in [4.78, 5) is 22.2. The van der Waals surface area contributed by atoms with E-state index in [9.17, 15) is 4.79 Å². The van der Waals surface area contributed by atoms with E-state index in [1.54, 1.807) is 11.3 Å². The van der Waals surface area contributed by atoms with Crippen molar-refractivity contribution in [1.82, 2.24) is 14.8 Å². The molecule has 1 aliphatic rings. The van der Waals surface area contributed by atoms with Crippen molar-refractivity contribution in [2.45, 2.75) is 39.8 Å². The van der Waals surface area contributed by atoms with Crippen LogP contribution in [0.2, 0.25) is 0 Å². The minimum absolute atomic E-state index is 0. The SMILES string of the molecule is CCC(C)C(N)C(=O)N1CCN(Cc2cnc(C)s2)CC1.Cl. The number of carbonyl (C=O) groups excluding carboxylic acids is 1. The fourth-order valence-electron chi connectivity index (χ4n) is 2.53. The predicted octanol–water partition coefficient (Wildman–Crippen LogP) is 1.89. The van der Waals surface area contributed by atoms with Gasteiger partial charge >= 0.3 is 0 Å². The Balaban J connectivity index is 0.00000242. The highest BCUT2D eigenvalue weighted by atomic mass is 35.5. The first-order chi connectivity index (χ1) is 10.0. The van der Waals surface area contributed by atoms with E-state index in [4.69, 9.17) is 5.73 Å². The second-order valence-electron chi connectivity index (χ2n) is 5.86. The van der Waals surface area contributed by atoms with E-state index in [0.29, 0.717) is 0 Å². The number of hydrogen-bond donors (Lipinski definition) is 1. The summed E-state index contributed by atoms with van der Waals surface area (Å²) in [6.07, 6.45) is 2.90. The first kappa shape index (κ1) is 19.4. The Morgan fingerprint density at radius 3 is 2.55 bits per heavy atom. The van der Waals surface area contributed by atoms with Gasteiger partial charge in [0.2, 0.25) is 5.91 Å². The summed E-state index contributed by atoms with van der Waals surface area (Å²) in [6.45, 7) is 10.5. The molecule has 1 aliphatic heterocycles. The van der Waals surface area contributed by atoms with Gasteiger partial charge in [0.25, 0.3) is 0 Å². The third-order valence-electron chi connectivity index (χ3n) is 4.27. The quantitative estimate of drug-likeness (QED) is 0.884. The molecule has 126 valence electrons. The molecule has 0 aliphatic carbocycles. The van der Waals surface area contributed by atoms with Gasteiger partial charge in [-0.3, -0.25) is 9.69 Å². The summed E-state index contributed by atoms with van der Waals surface area (Å²) >= 11 is 1.75. The number of carbonyl (C=O) groups is 1. The van der Waals surface area contributed by atoms with Gasteiger partial charge in [0, 0.05) is 43.8 Å². The van der Waals surface area contributed by atoms with Gasteiger partial charge in [-0.15, -0.1) is 23.7 Å². The molecule has 0 radical (unpaired) electrons. The molecule has 2 rings (SSSR count). The number of nitrogens with zero attached hydrogens (tertiary/aromatic N) is 3. The second kappa shape index (κ2) is 8.82. The van der Waals surface area contributed by atoms with E-state index in [0.717, 1.165) is 44.2 Å². The first-order valence-electron chi connectivity index (χ1n) is 7.69. The summed E-state index contributed by atoms with van der Waals surface area (Å²) in [5.74, 6) is 0.355. The molecule has 0 bridgehead atoms. The van der Waals surface area contributed by atoms with Crippen LogP contribution >= 0.6 is 23.7 Å². The Kier molecular flexibility index (Phi) is 7.76. The summed E-state index contributed by atoms with van der Waals surface area (Å²) in [7, 11) is 0. The molecule has 2 unspecified atom stereocenters. The maximum Gasteiger partial charge on any atom is 0.239 e. The molecule has 2 heterocycles. The number of nitrogens with two attached hydrogens (primary N) is 1. The largest absolute Gasteiger partial charge is 0.339 e. The van der Waals surface area contributed by atoms with Crippen LogP contribution < -0.4 is 5.73 Å². The number of hydrogen-bond acceptors (Lipinski definition) is 5. The van der Waals surface area contributed by atoms with Crippen molar-refractivity contribution in [3.8, 4) is 0 Å². The molecule has 2 N–H and O–H groups in total. The van der Waals surface area contributed by atoms with Gasteiger partial charge in [0.05, 0.1) is 11.0 Å². The molecular formula is C15H27ClN4OS. The van der Waals surface area contributed by atoms with Crippen LogP contribution in [0.15, 0.2) is 6.20 Å². The second-order valence-corrected chi connectivity index (χ2v) is 7.18. The third kappa shape index (κ3) is 4.91. The van der Waals surface area contributed by atoms with Crippen LogP contribution in [-0.2, 0) is 11.3 Å². The fourth-order valence-corrected chi connectivity index (χ4v) is 3.37. The summed E-state index contributed by atoms with van der Waals surface area (Å²) < 4.78 is 0. The Labute approximate surface area is 143 Å². The highest BCUT2D eigenvalue weighted by Crippen LogP contribution is 2.16. The molecule has 5 nitrogen and oxygen atoms in total. The number of rotatable bonds is 5. The van der Waals surface area contributed by atoms with E-state index in [1.807, 2.05) is 24.9 Å². The van der Waals surface area contributed by atoms with Crippen LogP contribution in [0.1, 0.15) is 30.2 Å². The smallest absolute Gasteiger partial charge is 0.239 e. The Hall–Kier alpha value is -0.690. The van der Waals surface area contributed by atoms with Crippen LogP contribution in [0.3, 0.4) is 0 Å². The average molecular weight is 347 g/mol. The minimum atomic E-state index is -0.356. The van der Waals surface area contributed by atoms with Gasteiger partial charge < -0.3 is 10.6 Å². The number of halogens is 1. The molecule has 7 heteroatoms. The zero-order valence-corrected chi connectivity index (χ0v) is 15.3. The molecule has 1 fully saturated rings. The van der Waals surface area contributed by atoms with Crippen molar-refractivity contribution in [2.24, 2.45) is 11.7 Å². The highest BCUT2D eigenvalue weighted by Gasteiger charge is 2.27. The van der Waals surface area contributed by atoms with Crippen molar-refractivity contribution in [3.05, 3.63) is 16.1 Å². The highest BCUT2D eigenvalue weighted by molar-refractivity contribution is 7.11. The standard InChI is InChI=1S/C15H26N4OS.ClH/c1-4-11(2)14(16)15(20)19-7-5-18(6-8-19)10-13-9-17-12(3)21-13;/h9,11,14H,4-8,10,16H2,1-3H3;1H. The van der Waals surface area contributed by atoms with Crippen molar-refractivity contribution in [1.29, 1.82) is 0 Å². The van der Waals surface area contributed by atoms with E-state index in [1.165, 1.54) is 4.88 Å². The molecule has 1 aromatic heterocycles. The van der Waals surface area contributed by atoms with Crippen LogP contribution in [-0.4, -0.2) is 52.9 Å². The van der Waals surface area contributed by atoms with E-state index in [-0.39, 0.29) is 30.3 Å². The van der Waals surface area contributed by atoms with Crippen LogP contribution in [0.5, 0.6) is 0 Å². The van der Waals surface area contributed by atoms with Gasteiger partial charge in [-0.2, -0.15) is 0 Å². The first-order valence-corrected chi connectivity index (χ1v) is 8.51. The van der Waals surface area contributed by atoms with E-state index >= 15 is 0 Å². The molecular weight excluding hydrogens is 320 g/mol. The fraction of sp³-hybridized carbons (Fsp3) is 0.733. The summed E-state index contributed by atoms with van der Waals surface area (Å²) in [6, 6.07) is -0.356. The summed E-state index contributed by atoms with van der Waals surface area (Å²) in [5.41, 5.74) is 6.05. The van der Waals surface area contributed by atoms with Crippen LogP contribution in [0.25, 0.3) is 0 Å². The molecule has 1 aromatic rings. The zero-order chi connectivity index (χ0) is 15.4. The molecule has 0 aromatic carbocycles. The molecule has 1 saturated heterocycles. The number of aromatic nitrogens is 1. The topological polar surface area (TPSA) is 62.5 Å². The molecule has 0 saturated carbocycles. The Morgan fingerprint density at radius 1 is 1.41 bits per heavy atom. The summed E-state index contributed by atoms with van der Waals surface area (Å²) in [5, 5.41) is 1.11. The third-order valence-corrected chi connectivity index (χ3v) is 5.17. The van der Waals surface area contributed by atoms with E-state index in [2.05, 4.69) is 16.8 Å². The monoisotopic (exact) mass is 346 g/mol. The lowest BCUT2D eigenvalue weighted by atomic mass is 9.98. The van der Waals surface area contributed by atoms with Gasteiger partial charge in [-0.25, -0.2) is 4.98 Å². The van der Waals surface area contributed by atoms with Crippen LogP contribution in [0, 0.1) is 12.8 Å². The van der Waals surface area contributed by atoms with Gasteiger partial charge in [0.15, 0.2) is 0 Å². The maximum atomic E-state index is 12.3. The molecule has 0 spiro atoms. The number of amides is 1. The Morgan fingerprint density at radius 2 is 2.05 bits per heavy atom. The minimum Gasteiger partial charge on any atom is -0.339 e. The van der Waals surface area contributed by atoms with Gasteiger partial charge in [-0.05, 0) is 12.8 Å². The number of piperazine rings is 1. The molecule has 1 amide bonds. The average Bonchev–Trinajstić information content (AvgIpc) is 2.90. The van der Waals surface area contributed by atoms with Gasteiger partial charge in [0.1, 0.15) is 0 Å². The van der Waals surface area contributed by atoms with Crippen molar-refractivity contribution in [2.75, 3.05) is 26.2 Å². The van der Waals surface area contributed by atoms with E-state index < -0.39 is 0 Å². The van der Waals surface area contributed by atoms with Crippen LogP contribution in [0.4, 0.5) is 0 Å². The lowest BCUT2D eigenvalue weighted by molar-refractivity contribution is -0.135. The molecule has 2 atom stereocenters. The lowest BCUT2D eigenvalue weighted by Gasteiger charge is -2.36.